The summed E-state index contributed by atoms with van der Waals surface area (Å²) in [6.45, 7) is 14.8. The molecule has 10 atom stereocenters. The minimum atomic E-state index is -0.951. The Morgan fingerprint density at radius 2 is 0.846 bits per heavy atom. The first-order valence-electron chi connectivity index (χ1n) is 27.9. The van der Waals surface area contributed by atoms with Gasteiger partial charge in [0.25, 0.3) is 0 Å². The molecule has 2 aromatic rings. The standard InChI is InChI=1S/C58H86N10O8.2ClH/c1-33(59-9)49(69)65-47(57(3,4)5)55(75)67-31-39(29-45(67)53(73)63-43-23-15-19-35-17-11-13-21-41(35)43)61-51(71)37-25-27-38(28-26-37)52(72)62-40-30-46(54(74)64-44-24-16-20-36-18-12-14-22-42(36)44)68(32-40)56(76)48(58(6,7)8)66-50(70)34(2)60-10;;/h11-14,17-18,21-22,33-34,37-40,43-48,59-60H,15-16,19-20,23-32H2,1-10H3,(H,61,71)(H,62,72)(H,63,73)(H,64,74)(H,65,69)(H,66,70);2*1H/t33-,34-,37?,38?,39-,40-,43+,44+,45-,46?,47-,48-;;/m0../s1. The van der Waals surface area contributed by atoms with Gasteiger partial charge >= 0.3 is 0 Å². The van der Waals surface area contributed by atoms with Crippen molar-refractivity contribution in [3.05, 3.63) is 70.8 Å². The number of benzene rings is 2. The van der Waals surface area contributed by atoms with Crippen LogP contribution in [0.4, 0.5) is 0 Å². The van der Waals surface area contributed by atoms with E-state index < -0.39 is 82.8 Å². The highest BCUT2D eigenvalue weighted by molar-refractivity contribution is 5.96. The maximum atomic E-state index is 14.7. The zero-order valence-corrected chi connectivity index (χ0v) is 49.1. The molecule has 7 rings (SSSR count). The third-order valence-corrected chi connectivity index (χ3v) is 16.8. The minimum absolute atomic E-state index is 0. The lowest BCUT2D eigenvalue weighted by atomic mass is 9.81. The quantitative estimate of drug-likeness (QED) is 0.117. The van der Waals surface area contributed by atoms with Crippen LogP contribution in [-0.2, 0) is 51.2 Å². The Labute approximate surface area is 474 Å². The summed E-state index contributed by atoms with van der Waals surface area (Å²) < 4.78 is 0. The first-order valence-corrected chi connectivity index (χ1v) is 27.9. The molecule has 1 saturated carbocycles. The number of aryl methyl sites for hydroxylation is 2. The van der Waals surface area contributed by atoms with E-state index in [1.165, 1.54) is 20.9 Å². The Balaban J connectivity index is 0.00000560. The molecule has 432 valence electrons. The summed E-state index contributed by atoms with van der Waals surface area (Å²) in [6, 6.07) is 9.80. The van der Waals surface area contributed by atoms with Crippen LogP contribution in [0.5, 0.6) is 0 Å². The van der Waals surface area contributed by atoms with Crippen molar-refractivity contribution in [3.63, 3.8) is 0 Å². The van der Waals surface area contributed by atoms with Crippen molar-refractivity contribution in [2.24, 2.45) is 22.7 Å². The molecule has 0 aromatic heterocycles. The van der Waals surface area contributed by atoms with E-state index in [2.05, 4.69) is 54.7 Å². The molecule has 2 aliphatic heterocycles. The predicted octanol–water partition coefficient (Wildman–Crippen LogP) is 4.47. The second kappa shape index (κ2) is 27.2. The summed E-state index contributed by atoms with van der Waals surface area (Å²) in [7, 11) is 3.34. The van der Waals surface area contributed by atoms with E-state index in [0.29, 0.717) is 25.7 Å². The van der Waals surface area contributed by atoms with E-state index in [1.807, 2.05) is 77.9 Å². The zero-order chi connectivity index (χ0) is 55.2. The van der Waals surface area contributed by atoms with E-state index in [-0.39, 0.29) is 98.3 Å². The van der Waals surface area contributed by atoms with Gasteiger partial charge < -0.3 is 52.3 Å². The number of carbonyl (C=O) groups excluding carboxylic acids is 8. The molecule has 0 spiro atoms. The molecule has 5 aliphatic rings. The molecule has 2 aromatic carbocycles. The van der Waals surface area contributed by atoms with E-state index in [9.17, 15) is 38.4 Å². The summed E-state index contributed by atoms with van der Waals surface area (Å²) in [6.07, 6.45) is 7.32. The van der Waals surface area contributed by atoms with Crippen LogP contribution >= 0.6 is 24.8 Å². The van der Waals surface area contributed by atoms with Gasteiger partial charge in [-0.15, -0.1) is 24.8 Å². The molecule has 1 unspecified atom stereocenters. The molecule has 20 heteroatoms. The van der Waals surface area contributed by atoms with Crippen LogP contribution in [0.25, 0.3) is 0 Å². The van der Waals surface area contributed by atoms with Gasteiger partial charge in [0, 0.05) is 37.0 Å². The highest BCUT2D eigenvalue weighted by Gasteiger charge is 2.49. The molecular formula is C58H88Cl2N10O8. The topological polar surface area (TPSA) is 239 Å². The molecule has 78 heavy (non-hydrogen) atoms. The monoisotopic (exact) mass is 1120 g/mol. The summed E-state index contributed by atoms with van der Waals surface area (Å²) in [5.74, 6) is -3.31. The van der Waals surface area contributed by atoms with Crippen molar-refractivity contribution in [2.45, 2.75) is 193 Å². The summed E-state index contributed by atoms with van der Waals surface area (Å²) in [5, 5.41) is 24.6. The number of fused-ring (bicyclic) bond motifs is 2. The Hall–Kier alpha value is -5.30. The maximum absolute atomic E-state index is 14.7. The van der Waals surface area contributed by atoms with Crippen LogP contribution in [0.1, 0.15) is 154 Å². The molecule has 18 nitrogen and oxygen atoms in total. The summed E-state index contributed by atoms with van der Waals surface area (Å²) >= 11 is 0. The number of halogens is 2. The van der Waals surface area contributed by atoms with Crippen molar-refractivity contribution in [3.8, 4) is 0 Å². The van der Waals surface area contributed by atoms with Crippen molar-refractivity contribution in [1.82, 2.24) is 52.3 Å². The van der Waals surface area contributed by atoms with Gasteiger partial charge in [0.15, 0.2) is 0 Å². The fraction of sp³-hybridized carbons (Fsp3) is 0.655. The van der Waals surface area contributed by atoms with Gasteiger partial charge in [0.05, 0.1) is 24.2 Å². The second-order valence-electron chi connectivity index (χ2n) is 24.4. The minimum Gasteiger partial charge on any atom is -0.351 e. The zero-order valence-electron chi connectivity index (χ0n) is 47.4. The number of hydrogen-bond acceptors (Lipinski definition) is 10. The van der Waals surface area contributed by atoms with Gasteiger partial charge in [-0.1, -0.05) is 90.1 Å². The number of nitrogens with zero attached hydrogens (tertiary/aromatic N) is 2. The summed E-state index contributed by atoms with van der Waals surface area (Å²) in [4.78, 5) is 116. The number of amides is 8. The molecule has 3 aliphatic carbocycles. The van der Waals surface area contributed by atoms with E-state index in [4.69, 9.17) is 0 Å². The Morgan fingerprint density at radius 3 is 1.18 bits per heavy atom. The van der Waals surface area contributed by atoms with Gasteiger partial charge in [-0.25, -0.2) is 0 Å². The number of likely N-dealkylation sites (tertiary alicyclic amines) is 2. The number of likely N-dealkylation sites (N-methyl/N-ethyl adjacent to an activating group) is 2. The maximum Gasteiger partial charge on any atom is 0.246 e. The number of rotatable bonds is 16. The van der Waals surface area contributed by atoms with Crippen LogP contribution in [0.2, 0.25) is 0 Å². The SMILES string of the molecule is CN[C@@H](C)C(=O)N[C@@H](C(=O)N1C[C@@H](NC(=O)C2CCC(C(=O)N[C@H]3C[C@@H](C(=O)N[C@@H]4CCCc5ccccc54)N(C(=O)[C@H](NC(=O)[C@H](C)NC)C(C)(C)C)C3)CC2)CC1C(=O)N[C@@H]1CCCc2ccccc21)C(C)(C)C.Cl.Cl. The average molecular weight is 1120 g/mol. The fourth-order valence-electron chi connectivity index (χ4n) is 11.9. The van der Waals surface area contributed by atoms with E-state index >= 15 is 0 Å². The number of hydrogen-bond donors (Lipinski definition) is 8. The largest absolute Gasteiger partial charge is 0.351 e. The Morgan fingerprint density at radius 1 is 0.500 bits per heavy atom. The van der Waals surface area contributed by atoms with Crippen LogP contribution < -0.4 is 42.5 Å². The second-order valence-corrected chi connectivity index (χ2v) is 24.4. The van der Waals surface area contributed by atoms with Crippen LogP contribution in [0.15, 0.2) is 48.5 Å². The molecule has 0 radical (unpaired) electrons. The van der Waals surface area contributed by atoms with Gasteiger partial charge in [-0.2, -0.15) is 0 Å². The molecule has 2 heterocycles. The van der Waals surface area contributed by atoms with Gasteiger partial charge in [-0.3, -0.25) is 38.4 Å². The Kier molecular flexibility index (Phi) is 22.2. The van der Waals surface area contributed by atoms with Crippen LogP contribution in [0.3, 0.4) is 0 Å². The fourth-order valence-corrected chi connectivity index (χ4v) is 11.9. The third kappa shape index (κ3) is 15.1. The van der Waals surface area contributed by atoms with Crippen molar-refractivity contribution >= 4 is 72.1 Å². The van der Waals surface area contributed by atoms with Crippen molar-refractivity contribution < 1.29 is 38.4 Å². The normalized spacial score (nSPS) is 25.4. The first-order chi connectivity index (χ1) is 36.0. The highest BCUT2D eigenvalue weighted by Crippen LogP contribution is 2.35. The van der Waals surface area contributed by atoms with Gasteiger partial charge in [-0.05, 0) is 138 Å². The summed E-state index contributed by atoms with van der Waals surface area (Å²) in [5.41, 5.74) is 3.08. The van der Waals surface area contributed by atoms with Crippen molar-refractivity contribution in [1.29, 1.82) is 0 Å². The van der Waals surface area contributed by atoms with Crippen LogP contribution in [-0.4, -0.2) is 133 Å². The Bertz CT molecular complexity index is 2310. The number of nitrogens with one attached hydrogen (secondary N) is 8. The first kappa shape index (κ1) is 63.5. The molecule has 3 fully saturated rings. The molecule has 0 bridgehead atoms. The molecule has 2 saturated heterocycles. The van der Waals surface area contributed by atoms with E-state index in [0.717, 1.165) is 49.7 Å². The van der Waals surface area contributed by atoms with Crippen LogP contribution in [0, 0.1) is 22.7 Å². The lowest BCUT2D eigenvalue weighted by Gasteiger charge is -2.36. The molecular weight excluding hydrogens is 1040 g/mol. The number of carbonyl (C=O) groups is 8. The lowest BCUT2D eigenvalue weighted by molar-refractivity contribution is -0.144. The van der Waals surface area contributed by atoms with Gasteiger partial charge in [0.2, 0.25) is 47.3 Å². The van der Waals surface area contributed by atoms with Gasteiger partial charge in [0.1, 0.15) is 24.2 Å². The smallest absolute Gasteiger partial charge is 0.246 e. The predicted molar refractivity (Wildman–Crippen MR) is 304 cm³/mol. The third-order valence-electron chi connectivity index (χ3n) is 16.8. The highest BCUT2D eigenvalue weighted by atomic mass is 35.5. The average Bonchev–Trinajstić information content (AvgIpc) is 4.03. The molecule has 8 N–H and O–H groups in total. The molecule has 8 amide bonds. The van der Waals surface area contributed by atoms with Crippen molar-refractivity contribution in [2.75, 3.05) is 27.2 Å². The van der Waals surface area contributed by atoms with E-state index in [1.54, 1.807) is 27.9 Å². The lowest BCUT2D eigenvalue weighted by Crippen LogP contribution is -2.59.